The lowest BCUT2D eigenvalue weighted by Gasteiger charge is -2.08. The number of allylic oxidation sites excluding steroid dienone is 4. The van der Waals surface area contributed by atoms with Crippen LogP contribution in [0.4, 0.5) is 0 Å². The average Bonchev–Trinajstić information content (AvgIpc) is 3.32. The van der Waals surface area contributed by atoms with Gasteiger partial charge in [0.25, 0.3) is 5.91 Å². The van der Waals surface area contributed by atoms with Gasteiger partial charge < -0.3 is 5.32 Å². The topological polar surface area (TPSA) is 46.2 Å². The van der Waals surface area contributed by atoms with E-state index in [1.54, 1.807) is 12.2 Å². The molecule has 1 amide bonds. The molecule has 0 unspecified atom stereocenters. The van der Waals surface area contributed by atoms with Crippen molar-refractivity contribution in [1.82, 2.24) is 5.32 Å². The number of ketones is 1. The first-order chi connectivity index (χ1) is 15.6. The van der Waals surface area contributed by atoms with Crippen LogP contribution >= 0.6 is 0 Å². The second-order valence-corrected chi connectivity index (χ2v) is 8.44. The fraction of sp³-hybridized carbons (Fsp3) is 0.310. The smallest absolute Gasteiger partial charge is 0.255 e. The number of carbonyl (C=O) groups is 2. The van der Waals surface area contributed by atoms with E-state index in [1.807, 2.05) is 60.7 Å². The molecule has 3 heteroatoms. The summed E-state index contributed by atoms with van der Waals surface area (Å²) in [5, 5.41) is 2.94. The number of benzene rings is 2. The van der Waals surface area contributed by atoms with Gasteiger partial charge in [0.15, 0.2) is 5.78 Å². The van der Waals surface area contributed by atoms with Crippen molar-refractivity contribution in [2.45, 2.75) is 51.9 Å². The Morgan fingerprint density at radius 3 is 2.22 bits per heavy atom. The SMILES string of the molecule is C=C/C=C(\C=C/Cc1ccc(C(=O)CC2CCCC2)cc1)NC(=O)c1ccc(CC)cc1. The largest absolute Gasteiger partial charge is 0.322 e. The van der Waals surface area contributed by atoms with Gasteiger partial charge in [-0.05, 0) is 54.2 Å². The molecule has 1 saturated carbocycles. The predicted molar refractivity (Wildman–Crippen MR) is 132 cm³/mol. The van der Waals surface area contributed by atoms with E-state index in [2.05, 4.69) is 18.8 Å². The molecule has 0 spiro atoms. The minimum absolute atomic E-state index is 0.143. The maximum atomic E-state index is 12.5. The lowest BCUT2D eigenvalue weighted by atomic mass is 9.96. The number of aryl methyl sites for hydroxylation is 1. The standard InChI is InChI=1S/C29H33NO2/c1-3-8-27(30-29(32)26-19-13-22(4-2)14-20-26)12-7-11-23-15-17-25(18-16-23)28(31)21-24-9-5-6-10-24/h3,7-8,12-20,24H,1,4-6,9-11,21H2,2H3,(H,30,32)/b12-7-,27-8+. The highest BCUT2D eigenvalue weighted by atomic mass is 16.1. The van der Waals surface area contributed by atoms with Crippen LogP contribution in [0.3, 0.4) is 0 Å². The van der Waals surface area contributed by atoms with Crippen LogP contribution in [0.1, 0.15) is 70.9 Å². The third kappa shape index (κ3) is 6.91. The van der Waals surface area contributed by atoms with E-state index in [9.17, 15) is 9.59 Å². The van der Waals surface area contributed by atoms with Gasteiger partial charge in [-0.3, -0.25) is 9.59 Å². The Morgan fingerprint density at radius 1 is 0.969 bits per heavy atom. The van der Waals surface area contributed by atoms with E-state index in [4.69, 9.17) is 0 Å². The fourth-order valence-electron chi connectivity index (χ4n) is 4.10. The Morgan fingerprint density at radius 2 is 1.59 bits per heavy atom. The lowest BCUT2D eigenvalue weighted by Crippen LogP contribution is -2.21. The van der Waals surface area contributed by atoms with Crippen LogP contribution in [-0.4, -0.2) is 11.7 Å². The fourth-order valence-corrected chi connectivity index (χ4v) is 4.10. The number of Topliss-reactive ketones (excluding diaryl/α,β-unsaturated/α-hetero) is 1. The molecule has 0 saturated heterocycles. The van der Waals surface area contributed by atoms with Gasteiger partial charge in [-0.25, -0.2) is 0 Å². The summed E-state index contributed by atoms with van der Waals surface area (Å²) in [5.74, 6) is 0.681. The van der Waals surface area contributed by atoms with Crippen LogP contribution in [0.15, 0.2) is 85.1 Å². The van der Waals surface area contributed by atoms with Crippen molar-refractivity contribution in [2.75, 3.05) is 0 Å². The van der Waals surface area contributed by atoms with Gasteiger partial charge in [0.05, 0.1) is 0 Å². The molecular formula is C29H33NO2. The summed E-state index contributed by atoms with van der Waals surface area (Å²) in [7, 11) is 0. The lowest BCUT2D eigenvalue weighted by molar-refractivity contribution is 0.0956. The zero-order chi connectivity index (χ0) is 22.8. The van der Waals surface area contributed by atoms with Crippen molar-refractivity contribution in [1.29, 1.82) is 0 Å². The zero-order valence-electron chi connectivity index (χ0n) is 19.0. The van der Waals surface area contributed by atoms with Crippen molar-refractivity contribution >= 4 is 11.7 Å². The molecule has 1 N–H and O–H groups in total. The van der Waals surface area contributed by atoms with Crippen LogP contribution in [0, 0.1) is 5.92 Å². The van der Waals surface area contributed by atoms with Gasteiger partial charge >= 0.3 is 0 Å². The molecule has 1 aliphatic carbocycles. The molecule has 2 aromatic rings. The molecule has 3 nitrogen and oxygen atoms in total. The zero-order valence-corrected chi connectivity index (χ0v) is 19.0. The van der Waals surface area contributed by atoms with E-state index >= 15 is 0 Å². The molecule has 0 radical (unpaired) electrons. The normalized spacial score (nSPS) is 14.6. The third-order valence-corrected chi connectivity index (χ3v) is 6.06. The highest BCUT2D eigenvalue weighted by Gasteiger charge is 2.19. The van der Waals surface area contributed by atoms with Crippen molar-refractivity contribution < 1.29 is 9.59 Å². The average molecular weight is 428 g/mol. The van der Waals surface area contributed by atoms with Crippen molar-refractivity contribution in [3.63, 3.8) is 0 Å². The molecule has 0 heterocycles. The Labute approximate surface area is 191 Å². The van der Waals surface area contributed by atoms with E-state index in [0.29, 0.717) is 30.0 Å². The maximum Gasteiger partial charge on any atom is 0.255 e. The number of nitrogens with one attached hydrogen (secondary N) is 1. The highest BCUT2D eigenvalue weighted by molar-refractivity contribution is 5.96. The summed E-state index contributed by atoms with van der Waals surface area (Å²) in [5.41, 5.74) is 4.45. The van der Waals surface area contributed by atoms with Gasteiger partial charge in [-0.15, -0.1) is 0 Å². The second kappa shape index (κ2) is 12.0. The predicted octanol–water partition coefficient (Wildman–Crippen LogP) is 6.61. The van der Waals surface area contributed by atoms with Crippen molar-refractivity contribution in [3.05, 3.63) is 107 Å². The minimum Gasteiger partial charge on any atom is -0.322 e. The van der Waals surface area contributed by atoms with E-state index in [1.165, 1.54) is 31.2 Å². The van der Waals surface area contributed by atoms with Crippen LogP contribution in [0.25, 0.3) is 0 Å². The van der Waals surface area contributed by atoms with E-state index < -0.39 is 0 Å². The van der Waals surface area contributed by atoms with Gasteiger partial charge in [0, 0.05) is 23.2 Å². The van der Waals surface area contributed by atoms with E-state index in [0.717, 1.165) is 17.5 Å². The molecule has 0 aliphatic heterocycles. The Bertz CT molecular complexity index is 975. The molecule has 3 rings (SSSR count). The van der Waals surface area contributed by atoms with Gasteiger partial charge in [-0.2, -0.15) is 0 Å². The second-order valence-electron chi connectivity index (χ2n) is 8.44. The summed E-state index contributed by atoms with van der Waals surface area (Å²) in [4.78, 5) is 25.0. The van der Waals surface area contributed by atoms with E-state index in [-0.39, 0.29) is 11.7 Å². The molecule has 0 aromatic heterocycles. The molecule has 1 aliphatic rings. The number of hydrogen-bond donors (Lipinski definition) is 1. The quantitative estimate of drug-likeness (QED) is 0.342. The van der Waals surface area contributed by atoms with Gasteiger partial charge in [0.1, 0.15) is 0 Å². The minimum atomic E-state index is -0.143. The summed E-state index contributed by atoms with van der Waals surface area (Å²) >= 11 is 0. The molecule has 166 valence electrons. The molecule has 0 bridgehead atoms. The van der Waals surface area contributed by atoms with Crippen molar-refractivity contribution in [3.8, 4) is 0 Å². The number of rotatable bonds is 10. The first-order valence-corrected chi connectivity index (χ1v) is 11.6. The molecular weight excluding hydrogens is 394 g/mol. The highest BCUT2D eigenvalue weighted by Crippen LogP contribution is 2.28. The number of hydrogen-bond acceptors (Lipinski definition) is 2. The van der Waals surface area contributed by atoms with Crippen LogP contribution in [0.5, 0.6) is 0 Å². The number of amides is 1. The van der Waals surface area contributed by atoms with Crippen LogP contribution in [-0.2, 0) is 12.8 Å². The number of carbonyl (C=O) groups excluding carboxylic acids is 2. The third-order valence-electron chi connectivity index (χ3n) is 6.06. The summed E-state index contributed by atoms with van der Waals surface area (Å²) in [6.45, 7) is 5.83. The molecule has 1 fully saturated rings. The Balaban J connectivity index is 1.54. The van der Waals surface area contributed by atoms with Crippen LogP contribution < -0.4 is 5.32 Å². The maximum absolute atomic E-state index is 12.5. The molecule has 0 atom stereocenters. The molecule has 32 heavy (non-hydrogen) atoms. The Kier molecular flexibility index (Phi) is 8.79. The van der Waals surface area contributed by atoms with Crippen LogP contribution in [0.2, 0.25) is 0 Å². The van der Waals surface area contributed by atoms with Crippen molar-refractivity contribution in [2.24, 2.45) is 5.92 Å². The van der Waals surface area contributed by atoms with Gasteiger partial charge in [-0.1, -0.05) is 87.7 Å². The first-order valence-electron chi connectivity index (χ1n) is 11.6. The molecule has 2 aromatic carbocycles. The Hall–Kier alpha value is -3.20. The summed E-state index contributed by atoms with van der Waals surface area (Å²) in [6, 6.07) is 15.5. The monoisotopic (exact) mass is 427 g/mol. The summed E-state index contributed by atoms with van der Waals surface area (Å²) in [6.07, 6.45) is 14.6. The summed E-state index contributed by atoms with van der Waals surface area (Å²) < 4.78 is 0. The first kappa shape index (κ1) is 23.5. The van der Waals surface area contributed by atoms with Gasteiger partial charge in [0.2, 0.25) is 0 Å².